The Labute approximate surface area is 239 Å². The first-order valence-corrected chi connectivity index (χ1v) is 14.6. The summed E-state index contributed by atoms with van der Waals surface area (Å²) in [5.41, 5.74) is 2.15. The molecular formula is C27H24Cl2FN5O4S. The van der Waals surface area contributed by atoms with E-state index in [2.05, 4.69) is 20.9 Å². The third-order valence-corrected chi connectivity index (χ3v) is 8.93. The Morgan fingerprint density at radius 3 is 2.58 bits per heavy atom. The number of fused-ring (bicyclic) bond motifs is 1. The van der Waals surface area contributed by atoms with Crippen molar-refractivity contribution in [2.24, 2.45) is 5.92 Å². The van der Waals surface area contributed by atoms with Gasteiger partial charge in [0.1, 0.15) is 5.82 Å². The van der Waals surface area contributed by atoms with Crippen LogP contribution < -0.4 is 16.0 Å². The number of benzene rings is 3. The number of hydrogen-bond donors (Lipinski definition) is 4. The first kappa shape index (κ1) is 27.9. The molecule has 0 saturated carbocycles. The standard InChI is InChI=1S/C27H24Cl2FN5O4S/c28-18-5-7-23-20(11-18)25(13-31-23)34-27(37)32-19-6-8-24(21(29)12-19)33-26(36)16-9-10-35(14-16)40(38,39)15-17-3-1-2-4-22(17)30/h1-8,11-13,16,31H,9-10,14-15H2,(H,33,36)(H2,32,34,37). The zero-order chi connectivity index (χ0) is 28.4. The highest BCUT2D eigenvalue weighted by molar-refractivity contribution is 7.88. The Morgan fingerprint density at radius 1 is 1.00 bits per heavy atom. The van der Waals surface area contributed by atoms with Crippen molar-refractivity contribution in [2.75, 3.05) is 29.0 Å². The molecule has 2 heterocycles. The Hall–Kier alpha value is -3.64. The molecule has 5 rings (SSSR count). The van der Waals surface area contributed by atoms with E-state index in [4.69, 9.17) is 23.2 Å². The monoisotopic (exact) mass is 603 g/mol. The van der Waals surface area contributed by atoms with E-state index in [0.29, 0.717) is 28.5 Å². The lowest BCUT2D eigenvalue weighted by molar-refractivity contribution is -0.119. The second-order valence-electron chi connectivity index (χ2n) is 9.35. The molecule has 0 spiro atoms. The van der Waals surface area contributed by atoms with E-state index < -0.39 is 33.5 Å². The number of H-pyrrole nitrogens is 1. The number of aromatic amines is 1. The number of urea groups is 1. The zero-order valence-electron chi connectivity index (χ0n) is 20.9. The van der Waals surface area contributed by atoms with Crippen LogP contribution in [0.15, 0.2) is 66.9 Å². The van der Waals surface area contributed by atoms with Crippen molar-refractivity contribution in [1.82, 2.24) is 9.29 Å². The van der Waals surface area contributed by atoms with Gasteiger partial charge in [0.25, 0.3) is 0 Å². The lowest BCUT2D eigenvalue weighted by Gasteiger charge is -2.17. The van der Waals surface area contributed by atoms with Gasteiger partial charge in [0, 0.05) is 46.5 Å². The van der Waals surface area contributed by atoms with Gasteiger partial charge < -0.3 is 20.9 Å². The molecule has 9 nitrogen and oxygen atoms in total. The number of carbonyl (C=O) groups excluding carboxylic acids is 2. The summed E-state index contributed by atoms with van der Waals surface area (Å²) in [7, 11) is -3.80. The first-order chi connectivity index (χ1) is 19.1. The van der Waals surface area contributed by atoms with Gasteiger partial charge in [-0.25, -0.2) is 21.9 Å². The summed E-state index contributed by atoms with van der Waals surface area (Å²) in [5, 5.41) is 9.64. The highest BCUT2D eigenvalue weighted by Crippen LogP contribution is 2.29. The number of hydrogen-bond acceptors (Lipinski definition) is 4. The maximum Gasteiger partial charge on any atom is 0.323 e. The minimum Gasteiger partial charge on any atom is -0.359 e. The van der Waals surface area contributed by atoms with Crippen LogP contribution in [0, 0.1) is 11.7 Å². The third-order valence-electron chi connectivity index (χ3n) is 6.59. The van der Waals surface area contributed by atoms with E-state index in [-0.39, 0.29) is 29.6 Å². The Kier molecular flexibility index (Phi) is 7.99. The fourth-order valence-corrected chi connectivity index (χ4v) is 6.51. The fraction of sp³-hybridized carbons (Fsp3) is 0.185. The van der Waals surface area contributed by atoms with Crippen molar-refractivity contribution in [1.29, 1.82) is 0 Å². The molecule has 3 amide bonds. The summed E-state index contributed by atoms with van der Waals surface area (Å²) in [5.74, 6) is -2.05. The van der Waals surface area contributed by atoms with Crippen molar-refractivity contribution in [3.05, 3.63) is 88.3 Å². The normalized spacial score (nSPS) is 15.7. The molecule has 1 aliphatic heterocycles. The van der Waals surface area contributed by atoms with Crippen LogP contribution in [-0.2, 0) is 20.6 Å². The largest absolute Gasteiger partial charge is 0.359 e. The maximum absolute atomic E-state index is 14.0. The maximum atomic E-state index is 14.0. The SMILES string of the molecule is O=C(Nc1ccc(NC(=O)C2CCN(S(=O)(=O)Cc3ccccc3F)C2)c(Cl)c1)Nc1c[nH]c2ccc(Cl)cc12. The van der Waals surface area contributed by atoms with Gasteiger partial charge in [-0.15, -0.1) is 0 Å². The molecule has 13 heteroatoms. The molecule has 1 saturated heterocycles. The summed E-state index contributed by atoms with van der Waals surface area (Å²) in [6, 6.07) is 15.1. The number of nitrogens with one attached hydrogen (secondary N) is 4. The van der Waals surface area contributed by atoms with Crippen molar-refractivity contribution in [3.8, 4) is 0 Å². The van der Waals surface area contributed by atoms with E-state index in [0.717, 1.165) is 10.9 Å². The van der Waals surface area contributed by atoms with Crippen LogP contribution in [0.1, 0.15) is 12.0 Å². The van der Waals surface area contributed by atoms with Gasteiger partial charge >= 0.3 is 6.03 Å². The number of halogens is 3. The lowest BCUT2D eigenvalue weighted by atomic mass is 10.1. The Balaban J connectivity index is 1.17. The van der Waals surface area contributed by atoms with Gasteiger partial charge in [0.2, 0.25) is 15.9 Å². The van der Waals surface area contributed by atoms with Gasteiger partial charge in [0.05, 0.1) is 28.1 Å². The van der Waals surface area contributed by atoms with Crippen molar-refractivity contribution >= 4 is 73.1 Å². The molecule has 0 bridgehead atoms. The van der Waals surface area contributed by atoms with Crippen LogP contribution in [0.2, 0.25) is 10.0 Å². The average Bonchev–Trinajstić information content (AvgIpc) is 3.55. The molecule has 208 valence electrons. The lowest BCUT2D eigenvalue weighted by Crippen LogP contribution is -2.32. The number of rotatable bonds is 7. The zero-order valence-corrected chi connectivity index (χ0v) is 23.2. The van der Waals surface area contributed by atoms with E-state index in [1.807, 2.05) is 0 Å². The van der Waals surface area contributed by atoms with E-state index in [1.54, 1.807) is 42.6 Å². The molecule has 40 heavy (non-hydrogen) atoms. The van der Waals surface area contributed by atoms with Crippen LogP contribution in [0.25, 0.3) is 10.9 Å². The minimum absolute atomic E-state index is 0.0148. The molecule has 4 N–H and O–H groups in total. The number of carbonyl (C=O) groups is 2. The van der Waals surface area contributed by atoms with Gasteiger partial charge in [-0.1, -0.05) is 41.4 Å². The molecule has 3 aromatic carbocycles. The van der Waals surface area contributed by atoms with Gasteiger partial charge in [-0.05, 0) is 48.9 Å². The summed E-state index contributed by atoms with van der Waals surface area (Å²) >= 11 is 12.4. The van der Waals surface area contributed by atoms with Crippen LogP contribution in [-0.4, -0.2) is 42.7 Å². The van der Waals surface area contributed by atoms with Gasteiger partial charge in [0.15, 0.2) is 0 Å². The number of amides is 3. The predicted octanol–water partition coefficient (Wildman–Crippen LogP) is 6.05. The second kappa shape index (κ2) is 11.5. The molecule has 0 aliphatic carbocycles. The smallest absolute Gasteiger partial charge is 0.323 e. The molecule has 1 atom stereocenters. The average molecular weight is 604 g/mol. The van der Waals surface area contributed by atoms with Crippen molar-refractivity contribution in [2.45, 2.75) is 12.2 Å². The number of nitrogens with zero attached hydrogens (tertiary/aromatic N) is 1. The quantitative estimate of drug-likeness (QED) is 0.205. The molecule has 1 unspecified atom stereocenters. The van der Waals surface area contributed by atoms with Crippen LogP contribution in [0.3, 0.4) is 0 Å². The second-order valence-corrected chi connectivity index (χ2v) is 12.2. The topological polar surface area (TPSA) is 123 Å². The molecule has 1 aromatic heterocycles. The number of sulfonamides is 1. The fourth-order valence-electron chi connectivity index (χ4n) is 4.51. The summed E-state index contributed by atoms with van der Waals surface area (Å²) in [6.45, 7) is 0.141. The number of anilines is 3. The molecule has 0 radical (unpaired) electrons. The van der Waals surface area contributed by atoms with Crippen LogP contribution in [0.4, 0.5) is 26.2 Å². The number of aromatic nitrogens is 1. The van der Waals surface area contributed by atoms with Crippen molar-refractivity contribution in [3.63, 3.8) is 0 Å². The molecular weight excluding hydrogens is 580 g/mol. The molecule has 1 fully saturated rings. The Morgan fingerprint density at radius 2 is 1.80 bits per heavy atom. The van der Waals surface area contributed by atoms with E-state index >= 15 is 0 Å². The van der Waals surface area contributed by atoms with Crippen LogP contribution in [0.5, 0.6) is 0 Å². The van der Waals surface area contributed by atoms with E-state index in [1.165, 1.54) is 28.6 Å². The first-order valence-electron chi connectivity index (χ1n) is 12.3. The minimum atomic E-state index is -3.80. The van der Waals surface area contributed by atoms with Crippen molar-refractivity contribution < 1.29 is 22.4 Å². The predicted molar refractivity (Wildman–Crippen MR) is 155 cm³/mol. The van der Waals surface area contributed by atoms with E-state index in [9.17, 15) is 22.4 Å². The highest BCUT2D eigenvalue weighted by Gasteiger charge is 2.35. The Bertz CT molecular complexity index is 1710. The summed E-state index contributed by atoms with van der Waals surface area (Å²) in [6.07, 6.45) is 1.97. The third kappa shape index (κ3) is 6.23. The van der Waals surface area contributed by atoms with Gasteiger partial charge in [-0.2, -0.15) is 0 Å². The summed E-state index contributed by atoms with van der Waals surface area (Å²) in [4.78, 5) is 28.5. The molecule has 4 aromatic rings. The van der Waals surface area contributed by atoms with Gasteiger partial charge in [-0.3, -0.25) is 4.79 Å². The molecule has 1 aliphatic rings. The summed E-state index contributed by atoms with van der Waals surface area (Å²) < 4.78 is 40.8. The highest BCUT2D eigenvalue weighted by atomic mass is 35.5. The van der Waals surface area contributed by atoms with Crippen LogP contribution >= 0.6 is 23.2 Å².